The Hall–Kier alpha value is -0.900. The first kappa shape index (κ1) is 22.8. The van der Waals surface area contributed by atoms with Crippen molar-refractivity contribution in [2.45, 2.75) is 104 Å². The molecule has 4 aliphatic carbocycles. The largest absolute Gasteiger partial charge is 0.481 e. The Kier molecular flexibility index (Phi) is 6.54. The SMILES string of the molecule is CC.C[C@]12CCC3C(C1CC[C@@H]2CCCC(=O)O)[C@@H](C=O)[C@]1(O)CCCC[C@]31C. The Bertz CT molecular complexity index is 618. The van der Waals surface area contributed by atoms with Crippen molar-refractivity contribution >= 4 is 12.3 Å². The summed E-state index contributed by atoms with van der Waals surface area (Å²) in [6, 6.07) is 0. The average molecular weight is 407 g/mol. The van der Waals surface area contributed by atoms with Crippen molar-refractivity contribution in [1.82, 2.24) is 0 Å². The Balaban J connectivity index is 0.00000117. The Morgan fingerprint density at radius 2 is 1.72 bits per heavy atom. The van der Waals surface area contributed by atoms with Crippen LogP contribution in [0.25, 0.3) is 0 Å². The maximum Gasteiger partial charge on any atom is 0.303 e. The molecule has 0 aromatic heterocycles. The maximum absolute atomic E-state index is 12.3. The first-order valence-corrected chi connectivity index (χ1v) is 12.2. The summed E-state index contributed by atoms with van der Waals surface area (Å²) in [5.41, 5.74) is -0.708. The fraction of sp³-hybridized carbons (Fsp3) is 0.920. The molecule has 0 heterocycles. The lowest BCUT2D eigenvalue weighted by Crippen LogP contribution is -2.51. The first-order chi connectivity index (χ1) is 13.8. The molecule has 3 unspecified atom stereocenters. The van der Waals surface area contributed by atoms with Gasteiger partial charge in [-0.15, -0.1) is 0 Å². The standard InChI is InChI=1S/C23H36O4.C2H6/c1-21-13-10-17-20(16(21)9-8-15(21)6-5-7-19(25)26)18(14-24)23(27)12-4-3-11-22(17,23)2;1-2/h14-18,20,27H,3-13H2,1-2H3,(H,25,26);1-2H3/t15-,16?,17?,18+,20?,21+,22+,23+;/m0./s1. The van der Waals surface area contributed by atoms with Gasteiger partial charge in [-0.25, -0.2) is 0 Å². The highest BCUT2D eigenvalue weighted by molar-refractivity contribution is 5.66. The van der Waals surface area contributed by atoms with E-state index < -0.39 is 11.6 Å². The van der Waals surface area contributed by atoms with E-state index in [0.717, 1.165) is 57.7 Å². The monoisotopic (exact) mass is 406 g/mol. The van der Waals surface area contributed by atoms with Gasteiger partial charge in [-0.3, -0.25) is 4.79 Å². The summed E-state index contributed by atoms with van der Waals surface area (Å²) in [5, 5.41) is 20.7. The number of aldehydes is 1. The minimum absolute atomic E-state index is 0.107. The highest BCUT2D eigenvalue weighted by Gasteiger charge is 2.71. The summed E-state index contributed by atoms with van der Waals surface area (Å²) in [5.74, 6) is 0.949. The molecule has 166 valence electrons. The summed E-state index contributed by atoms with van der Waals surface area (Å²) in [6.45, 7) is 8.68. The predicted octanol–water partition coefficient (Wildman–Crippen LogP) is 5.47. The number of fused-ring (bicyclic) bond motifs is 5. The summed E-state index contributed by atoms with van der Waals surface area (Å²) >= 11 is 0. The van der Waals surface area contributed by atoms with Crippen LogP contribution in [0, 0.1) is 40.4 Å². The lowest BCUT2D eigenvalue weighted by atomic mass is 9.54. The second-order valence-corrected chi connectivity index (χ2v) is 10.6. The van der Waals surface area contributed by atoms with Crippen LogP contribution < -0.4 is 0 Å². The van der Waals surface area contributed by atoms with Gasteiger partial charge in [0, 0.05) is 17.8 Å². The van der Waals surface area contributed by atoms with Crippen LogP contribution in [0.15, 0.2) is 0 Å². The molecule has 0 amide bonds. The van der Waals surface area contributed by atoms with E-state index in [2.05, 4.69) is 13.8 Å². The van der Waals surface area contributed by atoms with Gasteiger partial charge in [-0.05, 0) is 80.5 Å². The lowest BCUT2D eigenvalue weighted by Gasteiger charge is -2.51. The van der Waals surface area contributed by atoms with Gasteiger partial charge in [-0.2, -0.15) is 0 Å². The van der Waals surface area contributed by atoms with Crippen molar-refractivity contribution in [3.05, 3.63) is 0 Å². The van der Waals surface area contributed by atoms with Gasteiger partial charge in [0.05, 0.1) is 5.60 Å². The van der Waals surface area contributed by atoms with Crippen LogP contribution in [0.3, 0.4) is 0 Å². The van der Waals surface area contributed by atoms with Crippen molar-refractivity contribution in [3.63, 3.8) is 0 Å². The summed E-state index contributed by atoms with van der Waals surface area (Å²) in [6.07, 6.45) is 11.8. The number of aliphatic hydroxyl groups is 1. The topological polar surface area (TPSA) is 74.6 Å². The second-order valence-electron chi connectivity index (χ2n) is 10.6. The fourth-order valence-electron chi connectivity index (χ4n) is 8.49. The van der Waals surface area contributed by atoms with Gasteiger partial charge in [0.2, 0.25) is 0 Å². The third-order valence-corrected chi connectivity index (χ3v) is 9.90. The minimum Gasteiger partial charge on any atom is -0.481 e. The van der Waals surface area contributed by atoms with Gasteiger partial charge in [-0.1, -0.05) is 40.5 Å². The van der Waals surface area contributed by atoms with Crippen LogP contribution in [0.5, 0.6) is 0 Å². The molecule has 4 saturated carbocycles. The number of rotatable bonds is 5. The van der Waals surface area contributed by atoms with Gasteiger partial charge in [0.1, 0.15) is 6.29 Å². The Morgan fingerprint density at radius 3 is 2.38 bits per heavy atom. The van der Waals surface area contributed by atoms with Crippen LogP contribution in [-0.2, 0) is 9.59 Å². The van der Waals surface area contributed by atoms with Gasteiger partial charge in [0.25, 0.3) is 0 Å². The Labute approximate surface area is 176 Å². The molecular formula is C25H42O4. The molecule has 2 N–H and O–H groups in total. The number of aliphatic carboxylic acids is 1. The highest BCUT2D eigenvalue weighted by Crippen LogP contribution is 2.72. The first-order valence-electron chi connectivity index (χ1n) is 12.2. The number of hydrogen-bond donors (Lipinski definition) is 2. The molecule has 4 nitrogen and oxygen atoms in total. The summed E-state index contributed by atoms with van der Waals surface area (Å²) < 4.78 is 0. The van der Waals surface area contributed by atoms with Crippen LogP contribution >= 0.6 is 0 Å². The number of hydrogen-bond acceptors (Lipinski definition) is 3. The number of carbonyl (C=O) groups excluding carboxylic acids is 1. The van der Waals surface area contributed by atoms with Crippen LogP contribution in [0.1, 0.15) is 98.3 Å². The van der Waals surface area contributed by atoms with E-state index in [4.69, 9.17) is 5.11 Å². The zero-order valence-electron chi connectivity index (χ0n) is 19.0. The highest BCUT2D eigenvalue weighted by atomic mass is 16.4. The number of carbonyl (C=O) groups is 2. The smallest absolute Gasteiger partial charge is 0.303 e. The van der Waals surface area contributed by atoms with E-state index in [0.29, 0.717) is 23.7 Å². The van der Waals surface area contributed by atoms with Crippen molar-refractivity contribution in [2.75, 3.05) is 0 Å². The van der Waals surface area contributed by atoms with E-state index in [-0.39, 0.29) is 23.2 Å². The Morgan fingerprint density at radius 1 is 1.03 bits per heavy atom. The third kappa shape index (κ3) is 3.28. The molecule has 29 heavy (non-hydrogen) atoms. The minimum atomic E-state index is -0.811. The van der Waals surface area contributed by atoms with E-state index in [1.807, 2.05) is 13.8 Å². The molecule has 0 saturated heterocycles. The van der Waals surface area contributed by atoms with Crippen LogP contribution in [-0.4, -0.2) is 28.1 Å². The zero-order valence-corrected chi connectivity index (χ0v) is 19.0. The van der Waals surface area contributed by atoms with Crippen LogP contribution in [0.2, 0.25) is 0 Å². The van der Waals surface area contributed by atoms with Crippen molar-refractivity contribution in [2.24, 2.45) is 40.4 Å². The molecule has 0 spiro atoms. The van der Waals surface area contributed by atoms with Crippen molar-refractivity contribution in [1.29, 1.82) is 0 Å². The molecule has 4 heteroatoms. The van der Waals surface area contributed by atoms with E-state index in [9.17, 15) is 14.7 Å². The number of carboxylic acid groups (broad SMARTS) is 1. The van der Waals surface area contributed by atoms with E-state index >= 15 is 0 Å². The molecule has 4 aliphatic rings. The second kappa shape index (κ2) is 8.32. The summed E-state index contributed by atoms with van der Waals surface area (Å²) in [4.78, 5) is 23.2. The van der Waals surface area contributed by atoms with E-state index in [1.54, 1.807) is 0 Å². The average Bonchev–Trinajstić information content (AvgIpc) is 3.12. The third-order valence-electron chi connectivity index (χ3n) is 9.90. The van der Waals surface area contributed by atoms with Gasteiger partial charge < -0.3 is 15.0 Å². The molecule has 0 bridgehead atoms. The molecule has 4 fully saturated rings. The van der Waals surface area contributed by atoms with Crippen molar-refractivity contribution in [3.8, 4) is 0 Å². The fourth-order valence-corrected chi connectivity index (χ4v) is 8.49. The molecule has 0 aliphatic heterocycles. The lowest BCUT2D eigenvalue weighted by molar-refractivity contribution is -0.140. The number of carboxylic acids is 1. The molecule has 0 aromatic rings. The zero-order chi connectivity index (χ0) is 21.4. The van der Waals surface area contributed by atoms with Crippen LogP contribution in [0.4, 0.5) is 0 Å². The van der Waals surface area contributed by atoms with E-state index in [1.165, 1.54) is 12.8 Å². The van der Waals surface area contributed by atoms with Gasteiger partial charge in [0.15, 0.2) is 0 Å². The van der Waals surface area contributed by atoms with Gasteiger partial charge >= 0.3 is 5.97 Å². The molecule has 0 aromatic carbocycles. The molecule has 0 radical (unpaired) electrons. The van der Waals surface area contributed by atoms with Crippen molar-refractivity contribution < 1.29 is 19.8 Å². The molecule has 4 rings (SSSR count). The maximum atomic E-state index is 12.3. The quantitative estimate of drug-likeness (QED) is 0.594. The summed E-state index contributed by atoms with van der Waals surface area (Å²) in [7, 11) is 0. The molecule has 8 atom stereocenters. The normalized spacial score (nSPS) is 48.0. The predicted molar refractivity (Wildman–Crippen MR) is 114 cm³/mol. The molecular weight excluding hydrogens is 364 g/mol.